The minimum absolute atomic E-state index is 0.0454. The van der Waals surface area contributed by atoms with E-state index in [0.717, 1.165) is 25.0 Å². The van der Waals surface area contributed by atoms with Gasteiger partial charge in [-0.15, -0.1) is 0 Å². The number of nitrogens with zero attached hydrogens (tertiary/aromatic N) is 1. The van der Waals surface area contributed by atoms with Gasteiger partial charge in [0.1, 0.15) is 0 Å². The molecule has 1 aromatic heterocycles. The standard InChI is InChI=1S/C14H22N2O2/c1-11(15)14(12-5-7-16-8-6-12)18-10-13-4-2-3-9-17-13/h5-8,11,13-14H,2-4,9-10,15H2,1H3. The van der Waals surface area contributed by atoms with Crippen LogP contribution in [0, 0.1) is 0 Å². The summed E-state index contributed by atoms with van der Waals surface area (Å²) in [5, 5.41) is 0. The van der Waals surface area contributed by atoms with Gasteiger partial charge in [-0.3, -0.25) is 4.98 Å². The van der Waals surface area contributed by atoms with E-state index >= 15 is 0 Å². The Morgan fingerprint density at radius 3 is 2.83 bits per heavy atom. The van der Waals surface area contributed by atoms with Gasteiger partial charge in [0.25, 0.3) is 0 Å². The van der Waals surface area contributed by atoms with Gasteiger partial charge < -0.3 is 15.2 Å². The van der Waals surface area contributed by atoms with Crippen molar-refractivity contribution < 1.29 is 9.47 Å². The van der Waals surface area contributed by atoms with Crippen LogP contribution in [0.2, 0.25) is 0 Å². The van der Waals surface area contributed by atoms with Crippen molar-refractivity contribution in [1.82, 2.24) is 4.98 Å². The van der Waals surface area contributed by atoms with Crippen LogP contribution in [-0.2, 0) is 9.47 Å². The Balaban J connectivity index is 1.90. The lowest BCUT2D eigenvalue weighted by molar-refractivity contribution is -0.0680. The lowest BCUT2D eigenvalue weighted by Gasteiger charge is -2.27. The van der Waals surface area contributed by atoms with Crippen LogP contribution in [0.4, 0.5) is 0 Å². The molecular weight excluding hydrogens is 228 g/mol. The van der Waals surface area contributed by atoms with E-state index in [0.29, 0.717) is 6.61 Å². The molecule has 0 radical (unpaired) electrons. The molecule has 0 aromatic carbocycles. The largest absolute Gasteiger partial charge is 0.376 e. The van der Waals surface area contributed by atoms with Crippen LogP contribution in [-0.4, -0.2) is 30.3 Å². The van der Waals surface area contributed by atoms with Crippen molar-refractivity contribution in [1.29, 1.82) is 0 Å². The average Bonchev–Trinajstić information content (AvgIpc) is 2.41. The molecule has 0 spiro atoms. The average molecular weight is 250 g/mol. The van der Waals surface area contributed by atoms with Gasteiger partial charge in [0.05, 0.1) is 18.8 Å². The number of hydrogen-bond acceptors (Lipinski definition) is 4. The highest BCUT2D eigenvalue weighted by Gasteiger charge is 2.20. The van der Waals surface area contributed by atoms with E-state index in [2.05, 4.69) is 4.98 Å². The molecule has 1 fully saturated rings. The molecule has 1 aromatic rings. The minimum atomic E-state index is -0.0847. The smallest absolute Gasteiger partial charge is 0.0975 e. The molecule has 18 heavy (non-hydrogen) atoms. The van der Waals surface area contributed by atoms with Crippen molar-refractivity contribution in [2.45, 2.75) is 44.4 Å². The van der Waals surface area contributed by atoms with Gasteiger partial charge in [-0.25, -0.2) is 0 Å². The van der Waals surface area contributed by atoms with Crippen molar-refractivity contribution in [3.05, 3.63) is 30.1 Å². The van der Waals surface area contributed by atoms with Gasteiger partial charge in [-0.1, -0.05) is 0 Å². The molecule has 1 saturated heterocycles. The predicted octanol–water partition coefficient (Wildman–Crippen LogP) is 2.06. The highest BCUT2D eigenvalue weighted by atomic mass is 16.5. The first-order valence-electron chi connectivity index (χ1n) is 6.66. The van der Waals surface area contributed by atoms with E-state index in [1.807, 2.05) is 19.1 Å². The number of pyridine rings is 1. The Bertz CT molecular complexity index is 337. The molecule has 1 aliphatic rings. The summed E-state index contributed by atoms with van der Waals surface area (Å²) < 4.78 is 11.6. The van der Waals surface area contributed by atoms with Gasteiger partial charge in [0.2, 0.25) is 0 Å². The molecule has 1 aliphatic heterocycles. The fraction of sp³-hybridized carbons (Fsp3) is 0.643. The minimum Gasteiger partial charge on any atom is -0.376 e. The van der Waals surface area contributed by atoms with E-state index in [1.165, 1.54) is 6.42 Å². The van der Waals surface area contributed by atoms with Crippen molar-refractivity contribution in [2.24, 2.45) is 5.73 Å². The van der Waals surface area contributed by atoms with Crippen LogP contribution in [0.5, 0.6) is 0 Å². The SMILES string of the molecule is CC(N)C(OCC1CCCCO1)c1ccncc1. The second-order valence-corrected chi connectivity index (χ2v) is 4.88. The zero-order chi connectivity index (χ0) is 12.8. The highest BCUT2D eigenvalue weighted by molar-refractivity contribution is 5.14. The van der Waals surface area contributed by atoms with Gasteiger partial charge in [0, 0.05) is 25.0 Å². The number of ether oxygens (including phenoxy) is 2. The third kappa shape index (κ3) is 3.77. The Morgan fingerprint density at radius 1 is 1.44 bits per heavy atom. The molecule has 0 bridgehead atoms. The summed E-state index contributed by atoms with van der Waals surface area (Å²) in [6, 6.07) is 3.86. The number of nitrogens with two attached hydrogens (primary N) is 1. The maximum absolute atomic E-state index is 6.00. The second-order valence-electron chi connectivity index (χ2n) is 4.88. The topological polar surface area (TPSA) is 57.4 Å². The van der Waals surface area contributed by atoms with Gasteiger partial charge in [-0.05, 0) is 43.9 Å². The van der Waals surface area contributed by atoms with Crippen molar-refractivity contribution in [2.75, 3.05) is 13.2 Å². The number of hydrogen-bond donors (Lipinski definition) is 1. The van der Waals surface area contributed by atoms with E-state index in [4.69, 9.17) is 15.2 Å². The Hall–Kier alpha value is -0.970. The first kappa shape index (κ1) is 13.5. The van der Waals surface area contributed by atoms with Crippen molar-refractivity contribution in [3.8, 4) is 0 Å². The van der Waals surface area contributed by atoms with Crippen LogP contribution in [0.1, 0.15) is 37.9 Å². The third-order valence-electron chi connectivity index (χ3n) is 3.25. The maximum Gasteiger partial charge on any atom is 0.0975 e. The first-order chi connectivity index (χ1) is 8.77. The molecule has 0 saturated carbocycles. The van der Waals surface area contributed by atoms with Crippen LogP contribution in [0.25, 0.3) is 0 Å². The van der Waals surface area contributed by atoms with E-state index < -0.39 is 0 Å². The molecule has 2 N–H and O–H groups in total. The molecule has 4 heteroatoms. The Morgan fingerprint density at radius 2 is 2.22 bits per heavy atom. The fourth-order valence-electron chi connectivity index (χ4n) is 2.25. The normalized spacial score (nSPS) is 23.6. The third-order valence-corrected chi connectivity index (χ3v) is 3.25. The summed E-state index contributed by atoms with van der Waals surface area (Å²) >= 11 is 0. The van der Waals surface area contributed by atoms with Crippen LogP contribution < -0.4 is 5.73 Å². The molecule has 3 atom stereocenters. The highest BCUT2D eigenvalue weighted by Crippen LogP contribution is 2.22. The summed E-state index contributed by atoms with van der Waals surface area (Å²) in [6.45, 7) is 3.44. The lowest BCUT2D eigenvalue weighted by atomic mass is 10.1. The lowest BCUT2D eigenvalue weighted by Crippen LogP contribution is -2.31. The quantitative estimate of drug-likeness (QED) is 0.869. The van der Waals surface area contributed by atoms with E-state index in [9.17, 15) is 0 Å². The molecule has 2 heterocycles. The maximum atomic E-state index is 6.00. The number of rotatable bonds is 5. The Kier molecular flexibility index (Phi) is 5.11. The number of aromatic nitrogens is 1. The summed E-state index contributed by atoms with van der Waals surface area (Å²) in [6.07, 6.45) is 7.16. The summed E-state index contributed by atoms with van der Waals surface area (Å²) in [7, 11) is 0. The zero-order valence-corrected chi connectivity index (χ0v) is 10.9. The summed E-state index contributed by atoms with van der Waals surface area (Å²) in [4.78, 5) is 4.02. The molecular formula is C14H22N2O2. The first-order valence-corrected chi connectivity index (χ1v) is 6.66. The van der Waals surface area contributed by atoms with Gasteiger partial charge in [0.15, 0.2) is 0 Å². The predicted molar refractivity (Wildman–Crippen MR) is 70.2 cm³/mol. The Labute approximate surface area is 108 Å². The summed E-state index contributed by atoms with van der Waals surface area (Å²) in [5.74, 6) is 0. The van der Waals surface area contributed by atoms with Crippen LogP contribution in [0.15, 0.2) is 24.5 Å². The van der Waals surface area contributed by atoms with E-state index in [1.54, 1.807) is 12.4 Å². The molecule has 100 valence electrons. The monoisotopic (exact) mass is 250 g/mol. The summed E-state index contributed by atoms with van der Waals surface area (Å²) in [5.41, 5.74) is 7.08. The van der Waals surface area contributed by atoms with E-state index in [-0.39, 0.29) is 18.2 Å². The van der Waals surface area contributed by atoms with Crippen LogP contribution >= 0.6 is 0 Å². The molecule has 3 unspecified atom stereocenters. The fourth-order valence-corrected chi connectivity index (χ4v) is 2.25. The van der Waals surface area contributed by atoms with Crippen molar-refractivity contribution >= 4 is 0 Å². The molecule has 0 aliphatic carbocycles. The molecule has 0 amide bonds. The molecule has 4 nitrogen and oxygen atoms in total. The second kappa shape index (κ2) is 6.83. The van der Waals surface area contributed by atoms with Gasteiger partial charge >= 0.3 is 0 Å². The van der Waals surface area contributed by atoms with Crippen LogP contribution in [0.3, 0.4) is 0 Å². The van der Waals surface area contributed by atoms with Gasteiger partial charge in [-0.2, -0.15) is 0 Å². The zero-order valence-electron chi connectivity index (χ0n) is 10.9. The van der Waals surface area contributed by atoms with Crippen molar-refractivity contribution in [3.63, 3.8) is 0 Å². The molecule has 2 rings (SSSR count).